The highest BCUT2D eigenvalue weighted by atomic mass is 19.4. The Morgan fingerprint density at radius 3 is 1.98 bits per heavy atom. The number of nitrogens with zero attached hydrogens (tertiary/aromatic N) is 2. The topological polar surface area (TPSA) is 68.3 Å². The maximum Gasteiger partial charge on any atom is 0.430 e. The van der Waals surface area contributed by atoms with Crippen molar-refractivity contribution >= 4 is 12.0 Å². The number of para-hydroxylation sites is 1. The molecule has 2 aliphatic heterocycles. The largest absolute Gasteiger partial charge is 0.496 e. The summed E-state index contributed by atoms with van der Waals surface area (Å²) in [4.78, 5) is 29.8. The number of aryl methyl sites for hydroxylation is 1. The number of rotatable bonds is 5. The molecule has 1 spiro atoms. The van der Waals surface area contributed by atoms with Gasteiger partial charge in [-0.15, -0.1) is 0 Å². The number of piperidine rings is 2. The van der Waals surface area contributed by atoms with Crippen molar-refractivity contribution in [3.8, 4) is 5.75 Å². The van der Waals surface area contributed by atoms with Gasteiger partial charge in [0.2, 0.25) is 0 Å². The summed E-state index contributed by atoms with van der Waals surface area (Å²) in [5.41, 5.74) is -2.66. The molecule has 4 rings (SSSR count). The third kappa shape index (κ3) is 5.96. The molecule has 2 heterocycles. The fourth-order valence-corrected chi connectivity index (χ4v) is 6.41. The molecule has 2 aromatic carbocycles. The molecule has 2 saturated heterocycles. The molecule has 2 amide bonds. The summed E-state index contributed by atoms with van der Waals surface area (Å²) in [6.45, 7) is 8.30. The van der Waals surface area contributed by atoms with Gasteiger partial charge in [-0.05, 0) is 64.0 Å². The van der Waals surface area contributed by atoms with Gasteiger partial charge in [0, 0.05) is 44.8 Å². The zero-order chi connectivity index (χ0) is 30.9. The number of methoxy groups -OCH3 is 2. The van der Waals surface area contributed by atoms with Crippen LogP contribution < -0.4 is 4.74 Å². The first-order valence-electron chi connectivity index (χ1n) is 14.3. The smallest absolute Gasteiger partial charge is 0.430 e. The molecule has 0 bridgehead atoms. The summed E-state index contributed by atoms with van der Waals surface area (Å²) in [5, 5.41) is 0. The van der Waals surface area contributed by atoms with Crippen LogP contribution in [0.3, 0.4) is 0 Å². The Morgan fingerprint density at radius 1 is 0.881 bits per heavy atom. The monoisotopic (exact) mass is 590 g/mol. The minimum Gasteiger partial charge on any atom is -0.496 e. The Labute approximate surface area is 245 Å². The van der Waals surface area contributed by atoms with Crippen LogP contribution in [0, 0.1) is 12.3 Å². The van der Waals surface area contributed by atoms with Gasteiger partial charge in [-0.3, -0.25) is 4.79 Å². The summed E-state index contributed by atoms with van der Waals surface area (Å²) in [6, 6.07) is 13.3. The fourth-order valence-electron chi connectivity index (χ4n) is 6.41. The first kappa shape index (κ1) is 31.7. The van der Waals surface area contributed by atoms with Crippen LogP contribution in [0.15, 0.2) is 48.5 Å². The Hall–Kier alpha value is -3.27. The van der Waals surface area contributed by atoms with Crippen molar-refractivity contribution in [3.05, 3.63) is 65.2 Å². The summed E-state index contributed by atoms with van der Waals surface area (Å²) < 4.78 is 60.5. The Bertz CT molecular complexity index is 1270. The van der Waals surface area contributed by atoms with Crippen LogP contribution in [0.2, 0.25) is 0 Å². The SMILES string of the molecule is COc1ccccc1C1CN(C(=O)OC(C)(C)C)CCC12CCN(C(=O)C(OC)(c1ccc(C)cc1)C(F)(F)F)CC2. The number of carbonyl (C=O) groups is 2. The minimum absolute atomic E-state index is 0.129. The molecule has 0 saturated carbocycles. The average molecular weight is 591 g/mol. The molecule has 2 aromatic rings. The van der Waals surface area contributed by atoms with E-state index in [1.165, 1.54) is 17.0 Å². The first-order chi connectivity index (χ1) is 19.7. The number of hydrogen-bond donors (Lipinski definition) is 0. The zero-order valence-electron chi connectivity index (χ0n) is 25.2. The summed E-state index contributed by atoms with van der Waals surface area (Å²) in [6.07, 6.45) is -3.83. The molecule has 2 atom stereocenters. The minimum atomic E-state index is -4.97. The molecule has 230 valence electrons. The van der Waals surface area contributed by atoms with Gasteiger partial charge >= 0.3 is 12.3 Å². The van der Waals surface area contributed by atoms with E-state index in [1.807, 2.05) is 45.0 Å². The van der Waals surface area contributed by atoms with Crippen LogP contribution in [0.4, 0.5) is 18.0 Å². The van der Waals surface area contributed by atoms with Crippen molar-refractivity contribution in [2.75, 3.05) is 40.4 Å². The quantitative estimate of drug-likeness (QED) is 0.401. The molecule has 0 aliphatic carbocycles. The van der Waals surface area contributed by atoms with E-state index in [0.29, 0.717) is 38.1 Å². The standard InChI is InChI=1S/C32H41F3N2O5/c1-22-11-13-23(14-12-22)31(41-6,32(33,34)35)27(38)36-18-15-30(16-19-36)17-20-37(28(39)42-29(2,3)4)21-25(30)24-9-7-8-10-26(24)40-5/h7-14,25H,15-21H2,1-6H3. The third-order valence-electron chi connectivity index (χ3n) is 8.70. The first-order valence-corrected chi connectivity index (χ1v) is 14.3. The predicted octanol–water partition coefficient (Wildman–Crippen LogP) is 6.44. The lowest BCUT2D eigenvalue weighted by Gasteiger charge is -2.52. The van der Waals surface area contributed by atoms with Crippen molar-refractivity contribution in [2.45, 2.75) is 70.3 Å². The van der Waals surface area contributed by atoms with Gasteiger partial charge in [0.25, 0.3) is 11.5 Å². The molecule has 0 N–H and O–H groups in total. The zero-order valence-corrected chi connectivity index (χ0v) is 25.2. The molecule has 2 aliphatic rings. The molecule has 2 fully saturated rings. The lowest BCUT2D eigenvalue weighted by atomic mass is 9.62. The fraction of sp³-hybridized carbons (Fsp3) is 0.562. The highest BCUT2D eigenvalue weighted by Crippen LogP contribution is 2.53. The van der Waals surface area contributed by atoms with Gasteiger partial charge in [0.05, 0.1) is 7.11 Å². The second-order valence-corrected chi connectivity index (χ2v) is 12.4. The van der Waals surface area contributed by atoms with Crippen LogP contribution in [-0.4, -0.2) is 74.0 Å². The van der Waals surface area contributed by atoms with Crippen LogP contribution in [-0.2, 0) is 19.9 Å². The van der Waals surface area contributed by atoms with Gasteiger partial charge in [0.1, 0.15) is 11.4 Å². The number of amides is 2. The number of likely N-dealkylation sites (tertiary alicyclic amines) is 2. The second kappa shape index (κ2) is 11.8. The Morgan fingerprint density at radius 2 is 1.45 bits per heavy atom. The van der Waals surface area contributed by atoms with Crippen molar-refractivity contribution in [1.29, 1.82) is 0 Å². The van der Waals surface area contributed by atoms with Crippen molar-refractivity contribution < 1.29 is 37.0 Å². The van der Waals surface area contributed by atoms with Crippen molar-refractivity contribution in [3.63, 3.8) is 0 Å². The number of ether oxygens (including phenoxy) is 3. The summed E-state index contributed by atoms with van der Waals surface area (Å²) in [5.74, 6) is -0.600. The van der Waals surface area contributed by atoms with E-state index >= 15 is 0 Å². The van der Waals surface area contributed by atoms with E-state index in [-0.39, 0.29) is 30.0 Å². The van der Waals surface area contributed by atoms with Gasteiger partial charge < -0.3 is 24.0 Å². The van der Waals surface area contributed by atoms with E-state index in [1.54, 1.807) is 31.1 Å². The lowest BCUT2D eigenvalue weighted by molar-refractivity contribution is -0.271. The third-order valence-corrected chi connectivity index (χ3v) is 8.70. The predicted molar refractivity (Wildman–Crippen MR) is 152 cm³/mol. The molecule has 7 nitrogen and oxygen atoms in total. The number of halogens is 3. The average Bonchev–Trinajstić information content (AvgIpc) is 2.93. The Balaban J connectivity index is 1.64. The van der Waals surface area contributed by atoms with Crippen LogP contribution >= 0.6 is 0 Å². The number of alkyl halides is 3. The maximum absolute atomic E-state index is 14.7. The van der Waals surface area contributed by atoms with Gasteiger partial charge in [-0.2, -0.15) is 13.2 Å². The van der Waals surface area contributed by atoms with Gasteiger partial charge in [-0.25, -0.2) is 4.79 Å². The van der Waals surface area contributed by atoms with E-state index in [4.69, 9.17) is 14.2 Å². The normalized spacial score (nSPS) is 20.6. The highest BCUT2D eigenvalue weighted by molar-refractivity contribution is 5.88. The van der Waals surface area contributed by atoms with Gasteiger partial charge in [0.15, 0.2) is 0 Å². The summed E-state index contributed by atoms with van der Waals surface area (Å²) in [7, 11) is 2.52. The lowest BCUT2D eigenvalue weighted by Crippen LogP contribution is -2.60. The van der Waals surface area contributed by atoms with Crippen LogP contribution in [0.25, 0.3) is 0 Å². The second-order valence-electron chi connectivity index (χ2n) is 12.4. The van der Waals surface area contributed by atoms with Crippen molar-refractivity contribution in [1.82, 2.24) is 9.80 Å². The Kier molecular flexibility index (Phi) is 8.88. The number of benzene rings is 2. The molecule has 10 heteroatoms. The van der Waals surface area contributed by atoms with Crippen molar-refractivity contribution in [2.24, 2.45) is 5.41 Å². The molecular weight excluding hydrogens is 549 g/mol. The number of hydrogen-bond acceptors (Lipinski definition) is 5. The molecule has 42 heavy (non-hydrogen) atoms. The molecule has 0 radical (unpaired) electrons. The van der Waals surface area contributed by atoms with E-state index in [0.717, 1.165) is 18.2 Å². The summed E-state index contributed by atoms with van der Waals surface area (Å²) >= 11 is 0. The molecular formula is C32H41F3N2O5. The molecule has 2 unspecified atom stereocenters. The number of carbonyl (C=O) groups excluding carboxylic acids is 2. The van der Waals surface area contributed by atoms with E-state index in [2.05, 4.69) is 0 Å². The van der Waals surface area contributed by atoms with Crippen LogP contribution in [0.5, 0.6) is 5.75 Å². The highest BCUT2D eigenvalue weighted by Gasteiger charge is 2.64. The van der Waals surface area contributed by atoms with Gasteiger partial charge in [-0.1, -0.05) is 48.0 Å². The molecule has 0 aromatic heterocycles. The van der Waals surface area contributed by atoms with E-state index in [9.17, 15) is 22.8 Å². The van der Waals surface area contributed by atoms with Crippen LogP contribution in [0.1, 0.15) is 62.6 Å². The van der Waals surface area contributed by atoms with E-state index < -0.39 is 29.4 Å². The maximum atomic E-state index is 14.7.